The van der Waals surface area contributed by atoms with Crippen LogP contribution in [0.1, 0.15) is 12.7 Å². The molecule has 1 aromatic heterocycles. The van der Waals surface area contributed by atoms with Crippen molar-refractivity contribution in [1.82, 2.24) is 9.97 Å². The molecule has 4 nitrogen and oxygen atoms in total. The Labute approximate surface area is 156 Å². The number of nitrogens with one attached hydrogen (secondary N) is 1. The molecule has 1 heterocycles. The molecule has 3 aromatic rings. The maximum Gasteiger partial charge on any atom is 0.451 e. The number of thioether (sulfide) groups is 1. The largest absolute Gasteiger partial charge is 0.451 e. The average molecular weight is 395 g/mol. The molecule has 0 saturated heterocycles. The van der Waals surface area contributed by atoms with Gasteiger partial charge in [0.15, 0.2) is 0 Å². The van der Waals surface area contributed by atoms with Crippen LogP contribution in [0.2, 0.25) is 0 Å². The molecule has 27 heavy (non-hydrogen) atoms. The Kier molecular flexibility index (Phi) is 5.31. The second-order valence-electron chi connectivity index (χ2n) is 5.62. The van der Waals surface area contributed by atoms with Gasteiger partial charge in [-0.25, -0.2) is 14.4 Å². The van der Waals surface area contributed by atoms with Crippen molar-refractivity contribution in [3.05, 3.63) is 60.2 Å². The predicted molar refractivity (Wildman–Crippen MR) is 94.9 cm³/mol. The molecule has 1 atom stereocenters. The molecule has 0 fully saturated rings. The lowest BCUT2D eigenvalue weighted by Gasteiger charge is -2.14. The molecule has 0 bridgehead atoms. The molecule has 140 valence electrons. The van der Waals surface area contributed by atoms with Gasteiger partial charge in [-0.2, -0.15) is 13.2 Å². The molecule has 0 aliphatic heterocycles. The quantitative estimate of drug-likeness (QED) is 0.388. The van der Waals surface area contributed by atoms with Gasteiger partial charge < -0.3 is 5.32 Å². The third-order valence-corrected chi connectivity index (χ3v) is 4.69. The first kappa shape index (κ1) is 19.1. The third kappa shape index (κ3) is 4.54. The van der Waals surface area contributed by atoms with E-state index in [1.807, 2.05) is 0 Å². The maximum atomic E-state index is 13.1. The first-order valence-electron chi connectivity index (χ1n) is 7.81. The average Bonchev–Trinajstić information content (AvgIpc) is 2.62. The van der Waals surface area contributed by atoms with E-state index in [1.54, 1.807) is 25.1 Å². The molecule has 0 spiro atoms. The van der Waals surface area contributed by atoms with Gasteiger partial charge in [-0.3, -0.25) is 4.79 Å². The molecular formula is C18H13F4N3OS. The summed E-state index contributed by atoms with van der Waals surface area (Å²) in [4.78, 5) is 19.5. The van der Waals surface area contributed by atoms with Crippen LogP contribution in [0.15, 0.2) is 53.6 Å². The van der Waals surface area contributed by atoms with Gasteiger partial charge in [-0.1, -0.05) is 30.0 Å². The molecule has 9 heteroatoms. The normalized spacial score (nSPS) is 12.8. The molecule has 3 rings (SSSR count). The van der Waals surface area contributed by atoms with Crippen molar-refractivity contribution in [2.75, 3.05) is 5.32 Å². The van der Waals surface area contributed by atoms with E-state index in [9.17, 15) is 22.4 Å². The second kappa shape index (κ2) is 7.51. The maximum absolute atomic E-state index is 13.1. The van der Waals surface area contributed by atoms with E-state index in [2.05, 4.69) is 15.3 Å². The summed E-state index contributed by atoms with van der Waals surface area (Å²) in [5.41, 5.74) is 0.533. The number of aromatic nitrogens is 2. The van der Waals surface area contributed by atoms with Crippen LogP contribution in [0.5, 0.6) is 0 Å². The Bertz CT molecular complexity index is 976. The zero-order valence-electron chi connectivity index (χ0n) is 13.9. The van der Waals surface area contributed by atoms with E-state index in [0.717, 1.165) is 11.8 Å². The van der Waals surface area contributed by atoms with Crippen LogP contribution in [0.4, 0.5) is 23.2 Å². The summed E-state index contributed by atoms with van der Waals surface area (Å²) in [6.07, 6.45) is -4.70. The highest BCUT2D eigenvalue weighted by Gasteiger charge is 2.35. The zero-order chi connectivity index (χ0) is 19.6. The number of fused-ring (bicyclic) bond motifs is 1. The molecule has 0 saturated carbocycles. The fourth-order valence-corrected chi connectivity index (χ4v) is 3.20. The highest BCUT2D eigenvalue weighted by molar-refractivity contribution is 8.00. The minimum atomic E-state index is -4.70. The lowest BCUT2D eigenvalue weighted by Crippen LogP contribution is -2.22. The Morgan fingerprint density at radius 1 is 1.07 bits per heavy atom. The van der Waals surface area contributed by atoms with Crippen LogP contribution in [0.25, 0.3) is 10.9 Å². The summed E-state index contributed by atoms with van der Waals surface area (Å²) in [7, 11) is 0. The molecule has 1 N–H and O–H groups in total. The van der Waals surface area contributed by atoms with Gasteiger partial charge in [0.1, 0.15) is 10.8 Å². The highest BCUT2D eigenvalue weighted by Crippen LogP contribution is 2.33. The van der Waals surface area contributed by atoms with Crippen molar-refractivity contribution >= 4 is 34.3 Å². The van der Waals surface area contributed by atoms with Crippen LogP contribution >= 0.6 is 11.8 Å². The lowest BCUT2D eigenvalue weighted by molar-refractivity contribution is -0.145. The molecule has 0 radical (unpaired) electrons. The first-order chi connectivity index (χ1) is 12.7. The van der Waals surface area contributed by atoms with Crippen molar-refractivity contribution in [2.45, 2.75) is 23.4 Å². The van der Waals surface area contributed by atoms with Crippen LogP contribution in [0, 0.1) is 5.82 Å². The third-order valence-electron chi connectivity index (χ3n) is 3.59. The number of carbonyl (C=O) groups excluding carboxylic acids is 1. The number of hydrogen-bond acceptors (Lipinski definition) is 4. The molecule has 2 aromatic carbocycles. The van der Waals surface area contributed by atoms with Crippen molar-refractivity contribution in [3.8, 4) is 0 Å². The van der Waals surface area contributed by atoms with E-state index >= 15 is 0 Å². The lowest BCUT2D eigenvalue weighted by atomic mass is 10.2. The zero-order valence-corrected chi connectivity index (χ0v) is 14.7. The number of benzene rings is 2. The van der Waals surface area contributed by atoms with Crippen LogP contribution in [-0.4, -0.2) is 21.1 Å². The van der Waals surface area contributed by atoms with Crippen molar-refractivity contribution in [1.29, 1.82) is 0 Å². The van der Waals surface area contributed by atoms with Gasteiger partial charge >= 0.3 is 6.18 Å². The Hall–Kier alpha value is -2.68. The fraction of sp³-hybridized carbons (Fsp3) is 0.167. The van der Waals surface area contributed by atoms with Crippen molar-refractivity contribution in [3.63, 3.8) is 0 Å². The minimum Gasteiger partial charge on any atom is -0.325 e. The summed E-state index contributed by atoms with van der Waals surface area (Å²) in [6.45, 7) is 1.55. The number of amides is 1. The van der Waals surface area contributed by atoms with E-state index in [0.29, 0.717) is 11.1 Å². The van der Waals surface area contributed by atoms with Crippen LogP contribution < -0.4 is 5.32 Å². The number of nitrogens with zero attached hydrogens (tertiary/aromatic N) is 2. The number of anilines is 1. The number of hydrogen-bond donors (Lipinski definition) is 1. The summed E-state index contributed by atoms with van der Waals surface area (Å²) >= 11 is 0.897. The molecule has 1 amide bonds. The van der Waals surface area contributed by atoms with E-state index < -0.39 is 29.0 Å². The number of para-hydroxylation sites is 1. The van der Waals surface area contributed by atoms with Gasteiger partial charge in [0, 0.05) is 11.1 Å². The molecule has 0 unspecified atom stereocenters. The van der Waals surface area contributed by atoms with Gasteiger partial charge in [0.2, 0.25) is 11.7 Å². The fourth-order valence-electron chi connectivity index (χ4n) is 2.26. The predicted octanol–water partition coefficient (Wildman–Crippen LogP) is 4.91. The number of halogens is 4. The standard InChI is InChI=1S/C18H13F4N3OS/c1-10(15(26)23-12-8-6-11(19)7-9-12)27-16-13-4-2-3-5-14(13)24-17(25-16)18(20,21)22/h2-10H,1H3,(H,23,26)/t10-/m0/s1. The van der Waals surface area contributed by atoms with Crippen LogP contribution in [-0.2, 0) is 11.0 Å². The second-order valence-corrected chi connectivity index (χ2v) is 6.95. The monoisotopic (exact) mass is 395 g/mol. The first-order valence-corrected chi connectivity index (χ1v) is 8.69. The topological polar surface area (TPSA) is 54.9 Å². The summed E-state index contributed by atoms with van der Waals surface area (Å²) in [5, 5.41) is 2.34. The SMILES string of the molecule is C[C@H](Sc1nc(C(F)(F)F)nc2ccccc12)C(=O)Nc1ccc(F)cc1. The summed E-state index contributed by atoms with van der Waals surface area (Å²) in [5.74, 6) is -2.14. The Morgan fingerprint density at radius 3 is 2.41 bits per heavy atom. The van der Waals surface area contributed by atoms with E-state index in [-0.39, 0.29) is 10.5 Å². The number of carbonyl (C=O) groups is 1. The number of alkyl halides is 3. The Balaban J connectivity index is 1.86. The van der Waals surface area contributed by atoms with Crippen molar-refractivity contribution < 1.29 is 22.4 Å². The molecule has 0 aliphatic rings. The van der Waals surface area contributed by atoms with Gasteiger partial charge in [-0.15, -0.1) is 0 Å². The van der Waals surface area contributed by atoms with Gasteiger partial charge in [0.05, 0.1) is 10.8 Å². The molecular weight excluding hydrogens is 382 g/mol. The summed E-state index contributed by atoms with van der Waals surface area (Å²) in [6, 6.07) is 11.5. The smallest absolute Gasteiger partial charge is 0.325 e. The minimum absolute atomic E-state index is 0.0645. The molecule has 0 aliphatic carbocycles. The van der Waals surface area contributed by atoms with Gasteiger partial charge in [-0.05, 0) is 37.3 Å². The van der Waals surface area contributed by atoms with Crippen molar-refractivity contribution in [2.24, 2.45) is 0 Å². The van der Waals surface area contributed by atoms with Crippen LogP contribution in [0.3, 0.4) is 0 Å². The van der Waals surface area contributed by atoms with Gasteiger partial charge in [0.25, 0.3) is 0 Å². The van der Waals surface area contributed by atoms with E-state index in [4.69, 9.17) is 0 Å². The highest BCUT2D eigenvalue weighted by atomic mass is 32.2. The van der Waals surface area contributed by atoms with E-state index in [1.165, 1.54) is 30.3 Å². The number of rotatable bonds is 4. The Morgan fingerprint density at radius 2 is 1.74 bits per heavy atom. The summed E-state index contributed by atoms with van der Waals surface area (Å²) < 4.78 is 52.1.